The first-order chi connectivity index (χ1) is 10.0. The Labute approximate surface area is 126 Å². The highest BCUT2D eigenvalue weighted by Gasteiger charge is 2.26. The van der Waals surface area contributed by atoms with E-state index in [1.807, 2.05) is 0 Å². The predicted octanol–water partition coefficient (Wildman–Crippen LogP) is 1.68. The number of carbonyl (C=O) groups excluding carboxylic acids is 1. The zero-order chi connectivity index (χ0) is 15.7. The van der Waals surface area contributed by atoms with E-state index < -0.39 is 5.97 Å². The van der Waals surface area contributed by atoms with Gasteiger partial charge in [-0.1, -0.05) is 0 Å². The summed E-state index contributed by atoms with van der Waals surface area (Å²) in [7, 11) is 1.77. The minimum Gasteiger partial charge on any atom is -0.481 e. The molecule has 0 saturated heterocycles. The molecule has 1 aliphatic carbocycles. The van der Waals surface area contributed by atoms with Gasteiger partial charge in [-0.25, -0.2) is 4.79 Å². The lowest BCUT2D eigenvalue weighted by Gasteiger charge is -2.27. The van der Waals surface area contributed by atoms with Gasteiger partial charge < -0.3 is 20.4 Å². The number of carboxylic acids is 1. The second-order valence-corrected chi connectivity index (χ2v) is 5.95. The van der Waals surface area contributed by atoms with Crippen molar-refractivity contribution in [2.24, 2.45) is 11.8 Å². The van der Waals surface area contributed by atoms with Gasteiger partial charge in [-0.05, 0) is 50.9 Å². The standard InChI is InChI=1S/C15H28N2O4/c1-17(9-3-2-4-10-18)15(21)16-11-12-5-7-13(8-6-12)14(19)20/h12-13,18H,2-11H2,1H3,(H,16,21)(H,19,20). The molecular weight excluding hydrogens is 272 g/mol. The van der Waals surface area contributed by atoms with Crippen LogP contribution in [-0.4, -0.2) is 53.9 Å². The SMILES string of the molecule is CN(CCCCCO)C(=O)NCC1CCC(C(=O)O)CC1. The number of amides is 2. The number of hydrogen-bond acceptors (Lipinski definition) is 3. The van der Waals surface area contributed by atoms with Gasteiger partial charge in [0.1, 0.15) is 0 Å². The van der Waals surface area contributed by atoms with Gasteiger partial charge in [0, 0.05) is 26.7 Å². The van der Waals surface area contributed by atoms with E-state index in [0.717, 1.165) is 32.1 Å². The number of aliphatic hydroxyl groups excluding tert-OH is 1. The lowest BCUT2D eigenvalue weighted by atomic mass is 9.82. The molecule has 6 nitrogen and oxygen atoms in total. The summed E-state index contributed by atoms with van der Waals surface area (Å²) in [5.41, 5.74) is 0. The molecule has 0 aromatic rings. The number of nitrogens with one attached hydrogen (secondary N) is 1. The van der Waals surface area contributed by atoms with Crippen molar-refractivity contribution in [1.82, 2.24) is 10.2 Å². The number of urea groups is 1. The second-order valence-electron chi connectivity index (χ2n) is 5.95. The maximum Gasteiger partial charge on any atom is 0.317 e. The van der Waals surface area contributed by atoms with Crippen LogP contribution < -0.4 is 5.32 Å². The molecule has 0 atom stereocenters. The fraction of sp³-hybridized carbons (Fsp3) is 0.867. The molecule has 0 aromatic heterocycles. The van der Waals surface area contributed by atoms with Gasteiger partial charge in [0.05, 0.1) is 5.92 Å². The number of carbonyl (C=O) groups is 2. The van der Waals surface area contributed by atoms with Crippen LogP contribution in [0.5, 0.6) is 0 Å². The van der Waals surface area contributed by atoms with E-state index in [2.05, 4.69) is 5.32 Å². The molecule has 0 spiro atoms. The first-order valence-corrected chi connectivity index (χ1v) is 7.87. The van der Waals surface area contributed by atoms with Crippen molar-refractivity contribution in [3.8, 4) is 0 Å². The second kappa shape index (κ2) is 9.60. The summed E-state index contributed by atoms with van der Waals surface area (Å²) in [5, 5.41) is 20.6. The molecule has 0 radical (unpaired) electrons. The Morgan fingerprint density at radius 2 is 1.81 bits per heavy atom. The van der Waals surface area contributed by atoms with E-state index in [4.69, 9.17) is 10.2 Å². The van der Waals surface area contributed by atoms with Crippen LogP contribution >= 0.6 is 0 Å². The average Bonchev–Trinajstić information content (AvgIpc) is 2.49. The van der Waals surface area contributed by atoms with E-state index in [1.165, 1.54) is 0 Å². The summed E-state index contributed by atoms with van der Waals surface area (Å²) in [6.07, 6.45) is 5.78. The number of aliphatic carboxylic acids is 1. The summed E-state index contributed by atoms with van der Waals surface area (Å²) in [5.74, 6) is -0.501. The highest BCUT2D eigenvalue weighted by molar-refractivity contribution is 5.73. The molecular formula is C15H28N2O4. The van der Waals surface area contributed by atoms with E-state index in [0.29, 0.717) is 31.8 Å². The molecule has 1 aliphatic rings. The Morgan fingerprint density at radius 1 is 1.14 bits per heavy atom. The third kappa shape index (κ3) is 6.80. The predicted molar refractivity (Wildman–Crippen MR) is 80.0 cm³/mol. The molecule has 2 amide bonds. The van der Waals surface area contributed by atoms with Crippen LogP contribution in [0.2, 0.25) is 0 Å². The van der Waals surface area contributed by atoms with Crippen LogP contribution in [0.4, 0.5) is 4.79 Å². The van der Waals surface area contributed by atoms with Crippen LogP contribution in [0.25, 0.3) is 0 Å². The van der Waals surface area contributed by atoms with Crippen molar-refractivity contribution in [1.29, 1.82) is 0 Å². The maximum absolute atomic E-state index is 11.9. The first-order valence-electron chi connectivity index (χ1n) is 7.87. The van der Waals surface area contributed by atoms with Crippen molar-refractivity contribution in [2.75, 3.05) is 26.7 Å². The molecule has 0 bridgehead atoms. The van der Waals surface area contributed by atoms with Crippen LogP contribution in [0.15, 0.2) is 0 Å². The molecule has 0 aliphatic heterocycles. The van der Waals surface area contributed by atoms with Crippen LogP contribution in [-0.2, 0) is 4.79 Å². The Kier molecular flexibility index (Phi) is 8.12. The smallest absolute Gasteiger partial charge is 0.317 e. The Balaban J connectivity index is 2.14. The molecule has 3 N–H and O–H groups in total. The summed E-state index contributed by atoms with van der Waals surface area (Å²) >= 11 is 0. The molecule has 122 valence electrons. The van der Waals surface area contributed by atoms with Crippen LogP contribution in [0.3, 0.4) is 0 Å². The summed E-state index contributed by atoms with van der Waals surface area (Å²) in [4.78, 5) is 24.4. The number of unbranched alkanes of at least 4 members (excludes halogenated alkanes) is 2. The number of aliphatic hydroxyl groups is 1. The Bertz CT molecular complexity index is 328. The van der Waals surface area contributed by atoms with Gasteiger partial charge in [0.15, 0.2) is 0 Å². The zero-order valence-corrected chi connectivity index (χ0v) is 12.9. The fourth-order valence-corrected chi connectivity index (χ4v) is 2.72. The van der Waals surface area contributed by atoms with Gasteiger partial charge in [-0.2, -0.15) is 0 Å². The van der Waals surface area contributed by atoms with Gasteiger partial charge in [0.25, 0.3) is 0 Å². The zero-order valence-electron chi connectivity index (χ0n) is 12.9. The van der Waals surface area contributed by atoms with Gasteiger partial charge in [-0.3, -0.25) is 4.79 Å². The van der Waals surface area contributed by atoms with Crippen molar-refractivity contribution in [3.05, 3.63) is 0 Å². The van der Waals surface area contributed by atoms with Crippen LogP contribution in [0, 0.1) is 11.8 Å². The van der Waals surface area contributed by atoms with E-state index in [1.54, 1.807) is 11.9 Å². The monoisotopic (exact) mass is 300 g/mol. The molecule has 21 heavy (non-hydrogen) atoms. The van der Waals surface area contributed by atoms with Crippen molar-refractivity contribution in [3.63, 3.8) is 0 Å². The number of rotatable bonds is 8. The third-order valence-corrected chi connectivity index (χ3v) is 4.24. The number of nitrogens with zero attached hydrogens (tertiary/aromatic N) is 1. The van der Waals surface area contributed by atoms with Gasteiger partial charge in [0.2, 0.25) is 0 Å². The molecule has 1 saturated carbocycles. The third-order valence-electron chi connectivity index (χ3n) is 4.24. The van der Waals surface area contributed by atoms with Crippen molar-refractivity contribution in [2.45, 2.75) is 44.9 Å². The fourth-order valence-electron chi connectivity index (χ4n) is 2.72. The summed E-state index contributed by atoms with van der Waals surface area (Å²) < 4.78 is 0. The van der Waals surface area contributed by atoms with Crippen molar-refractivity contribution < 1.29 is 19.8 Å². The van der Waals surface area contributed by atoms with Crippen molar-refractivity contribution >= 4 is 12.0 Å². The average molecular weight is 300 g/mol. The minimum absolute atomic E-state index is 0.0700. The van der Waals surface area contributed by atoms with Crippen LogP contribution in [0.1, 0.15) is 44.9 Å². The molecule has 0 heterocycles. The normalized spacial score (nSPS) is 21.8. The molecule has 1 fully saturated rings. The highest BCUT2D eigenvalue weighted by atomic mass is 16.4. The summed E-state index contributed by atoms with van der Waals surface area (Å²) in [6, 6.07) is -0.0700. The molecule has 0 aromatic carbocycles. The molecule has 0 unspecified atom stereocenters. The summed E-state index contributed by atoms with van der Waals surface area (Å²) in [6.45, 7) is 1.53. The van der Waals surface area contributed by atoms with Gasteiger partial charge in [-0.15, -0.1) is 0 Å². The Hall–Kier alpha value is -1.30. The maximum atomic E-state index is 11.9. The van der Waals surface area contributed by atoms with E-state index >= 15 is 0 Å². The van der Waals surface area contributed by atoms with E-state index in [9.17, 15) is 9.59 Å². The topological polar surface area (TPSA) is 89.9 Å². The number of carboxylic acid groups (broad SMARTS) is 1. The minimum atomic E-state index is -0.694. The lowest BCUT2D eigenvalue weighted by Crippen LogP contribution is -2.40. The van der Waals surface area contributed by atoms with Gasteiger partial charge >= 0.3 is 12.0 Å². The Morgan fingerprint density at radius 3 is 2.38 bits per heavy atom. The molecule has 1 rings (SSSR count). The quantitative estimate of drug-likeness (QED) is 0.595. The van der Waals surface area contributed by atoms with E-state index in [-0.39, 0.29) is 18.6 Å². The number of hydrogen-bond donors (Lipinski definition) is 3. The lowest BCUT2D eigenvalue weighted by molar-refractivity contribution is -0.143. The molecule has 6 heteroatoms. The highest BCUT2D eigenvalue weighted by Crippen LogP contribution is 2.28. The first kappa shape index (κ1) is 17.8. The largest absolute Gasteiger partial charge is 0.481 e.